The fourth-order valence-electron chi connectivity index (χ4n) is 8.68. The molecule has 0 radical (unpaired) electrons. The molecular weight excluding hydrogens is 600 g/mol. The largest absolute Gasteiger partial charge is 0.343 e. The average Bonchev–Trinajstić information content (AvgIpc) is 3.09. The lowest BCUT2D eigenvalue weighted by molar-refractivity contribution is -0.147. The SMILES string of the molecule is Cc1ccc(CC(=O)N[C@@](C)(CC(=O)N2CCC(C3Cc4ccccc4CC3=O)CC2)C(=O)N2CCC(N3CCCCC3)CC2)cc1C. The van der Waals surface area contributed by atoms with E-state index in [0.29, 0.717) is 44.4 Å². The van der Waals surface area contributed by atoms with Gasteiger partial charge < -0.3 is 20.0 Å². The molecule has 6 rings (SSSR count). The van der Waals surface area contributed by atoms with Gasteiger partial charge in [0.25, 0.3) is 0 Å². The number of piperidine rings is 3. The summed E-state index contributed by atoms with van der Waals surface area (Å²) in [5.74, 6) is 0.0393. The van der Waals surface area contributed by atoms with Crippen molar-refractivity contribution < 1.29 is 19.2 Å². The predicted octanol–water partition coefficient (Wildman–Crippen LogP) is 4.81. The first kappa shape index (κ1) is 34.3. The van der Waals surface area contributed by atoms with Crippen molar-refractivity contribution in [3.8, 4) is 0 Å². The minimum atomic E-state index is -1.34. The normalized spacial score (nSPS) is 22.6. The molecule has 3 fully saturated rings. The number of benzene rings is 2. The lowest BCUT2D eigenvalue weighted by Crippen LogP contribution is -2.62. The molecule has 8 heteroatoms. The Bertz CT molecular complexity index is 1500. The molecule has 1 aliphatic carbocycles. The molecule has 8 nitrogen and oxygen atoms in total. The monoisotopic (exact) mass is 654 g/mol. The van der Waals surface area contributed by atoms with E-state index in [-0.39, 0.29) is 42.4 Å². The Hall–Kier alpha value is -3.52. The van der Waals surface area contributed by atoms with Crippen LogP contribution >= 0.6 is 0 Å². The molecule has 3 amide bonds. The second-order valence-corrected chi connectivity index (χ2v) is 15.2. The summed E-state index contributed by atoms with van der Waals surface area (Å²) in [5.41, 5.74) is 4.25. The molecule has 0 saturated carbocycles. The van der Waals surface area contributed by atoms with Crippen LogP contribution in [0.3, 0.4) is 0 Å². The van der Waals surface area contributed by atoms with Gasteiger partial charge in [-0.05, 0) is 113 Å². The van der Waals surface area contributed by atoms with Crippen LogP contribution in [0.4, 0.5) is 0 Å². The molecule has 3 aliphatic heterocycles. The molecule has 0 spiro atoms. The van der Waals surface area contributed by atoms with Crippen LogP contribution in [-0.2, 0) is 38.4 Å². The van der Waals surface area contributed by atoms with Gasteiger partial charge in [0.1, 0.15) is 11.3 Å². The van der Waals surface area contributed by atoms with Gasteiger partial charge in [0.05, 0.1) is 12.8 Å². The summed E-state index contributed by atoms with van der Waals surface area (Å²) in [5, 5.41) is 3.06. The summed E-state index contributed by atoms with van der Waals surface area (Å²) in [6.07, 6.45) is 8.54. The summed E-state index contributed by atoms with van der Waals surface area (Å²) in [4.78, 5) is 61.1. The van der Waals surface area contributed by atoms with E-state index in [9.17, 15) is 19.2 Å². The molecule has 0 bridgehead atoms. The van der Waals surface area contributed by atoms with Crippen molar-refractivity contribution in [2.45, 2.75) is 103 Å². The van der Waals surface area contributed by atoms with Crippen LogP contribution in [0.1, 0.15) is 86.1 Å². The van der Waals surface area contributed by atoms with E-state index in [2.05, 4.69) is 22.3 Å². The third-order valence-electron chi connectivity index (χ3n) is 11.8. The van der Waals surface area contributed by atoms with Crippen LogP contribution in [0.5, 0.6) is 0 Å². The number of ketones is 1. The highest BCUT2D eigenvalue weighted by Gasteiger charge is 2.43. The first-order valence-corrected chi connectivity index (χ1v) is 18.4. The molecule has 2 aromatic carbocycles. The number of carbonyl (C=O) groups excluding carboxylic acids is 4. The average molecular weight is 655 g/mol. The van der Waals surface area contributed by atoms with Crippen molar-refractivity contribution in [3.05, 3.63) is 70.3 Å². The van der Waals surface area contributed by atoms with Crippen LogP contribution in [-0.4, -0.2) is 89.1 Å². The Morgan fingerprint density at radius 3 is 2.17 bits per heavy atom. The summed E-state index contributed by atoms with van der Waals surface area (Å²) >= 11 is 0. The highest BCUT2D eigenvalue weighted by Crippen LogP contribution is 2.34. The number of hydrogen-bond donors (Lipinski definition) is 1. The van der Waals surface area contributed by atoms with E-state index >= 15 is 0 Å². The molecular formula is C40H54N4O4. The van der Waals surface area contributed by atoms with E-state index in [1.165, 1.54) is 30.4 Å². The maximum absolute atomic E-state index is 14.3. The predicted molar refractivity (Wildman–Crippen MR) is 187 cm³/mol. The maximum atomic E-state index is 14.3. The van der Waals surface area contributed by atoms with Crippen molar-refractivity contribution in [2.75, 3.05) is 39.3 Å². The third-order valence-corrected chi connectivity index (χ3v) is 11.8. The number of nitrogens with one attached hydrogen (secondary N) is 1. The number of rotatable bonds is 8. The molecule has 0 aromatic heterocycles. The smallest absolute Gasteiger partial charge is 0.248 e. The van der Waals surface area contributed by atoms with Gasteiger partial charge in [-0.3, -0.25) is 19.2 Å². The van der Waals surface area contributed by atoms with E-state index in [4.69, 9.17) is 0 Å². The van der Waals surface area contributed by atoms with Crippen molar-refractivity contribution >= 4 is 23.5 Å². The number of amides is 3. The van der Waals surface area contributed by atoms with Gasteiger partial charge in [-0.1, -0.05) is 48.9 Å². The maximum Gasteiger partial charge on any atom is 0.248 e. The summed E-state index contributed by atoms with van der Waals surface area (Å²) in [6, 6.07) is 14.7. The van der Waals surface area contributed by atoms with Crippen LogP contribution in [0.2, 0.25) is 0 Å². The summed E-state index contributed by atoms with van der Waals surface area (Å²) in [6.45, 7) is 10.5. The molecule has 48 heavy (non-hydrogen) atoms. The number of likely N-dealkylation sites (tertiary alicyclic amines) is 3. The van der Waals surface area contributed by atoms with E-state index in [1.54, 1.807) is 6.92 Å². The Morgan fingerprint density at radius 2 is 1.48 bits per heavy atom. The quantitative estimate of drug-likeness (QED) is 0.442. The Kier molecular flexibility index (Phi) is 10.7. The zero-order chi connectivity index (χ0) is 33.8. The molecule has 3 heterocycles. The van der Waals surface area contributed by atoms with Gasteiger partial charge in [-0.15, -0.1) is 0 Å². The van der Waals surface area contributed by atoms with E-state index in [1.807, 2.05) is 54.0 Å². The Balaban J connectivity index is 1.11. The third kappa shape index (κ3) is 7.85. The van der Waals surface area contributed by atoms with E-state index < -0.39 is 5.54 Å². The van der Waals surface area contributed by atoms with Gasteiger partial charge in [0, 0.05) is 44.6 Å². The number of Topliss-reactive ketones (excluding diaryl/α,β-unsaturated/α-hetero) is 1. The Morgan fingerprint density at radius 1 is 0.812 bits per heavy atom. The second kappa shape index (κ2) is 14.9. The molecule has 2 atom stereocenters. The van der Waals surface area contributed by atoms with Crippen molar-refractivity contribution in [1.82, 2.24) is 20.0 Å². The van der Waals surface area contributed by atoms with E-state index in [0.717, 1.165) is 61.9 Å². The standard InChI is InChI=1S/C40H54N4O4/c1-28-11-12-30(23-29(28)2)24-37(46)41-40(3,39(48)44-21-15-34(16-22-44)42-17-7-4-8-18-42)27-38(47)43-19-13-31(14-20-43)35-25-32-9-5-6-10-33(32)26-36(35)45/h5-6,9-12,23,31,34-35H,4,7-8,13-22,24-27H2,1-3H3,(H,41,46)/t35?,40-/m0/s1. The first-order valence-electron chi connectivity index (χ1n) is 18.4. The molecule has 4 aliphatic rings. The lowest BCUT2D eigenvalue weighted by atomic mass is 9.73. The Labute approximate surface area is 286 Å². The topological polar surface area (TPSA) is 90.0 Å². The lowest BCUT2D eigenvalue weighted by Gasteiger charge is -2.43. The number of nitrogens with zero attached hydrogens (tertiary/aromatic N) is 3. The fourth-order valence-corrected chi connectivity index (χ4v) is 8.68. The fraction of sp³-hybridized carbons (Fsp3) is 0.600. The number of carbonyl (C=O) groups is 4. The molecule has 1 N–H and O–H groups in total. The number of aryl methyl sites for hydroxylation is 2. The first-order chi connectivity index (χ1) is 23.1. The minimum absolute atomic E-state index is 0.00144. The van der Waals surface area contributed by atoms with Crippen LogP contribution in [0, 0.1) is 25.7 Å². The van der Waals surface area contributed by atoms with Gasteiger partial charge >= 0.3 is 0 Å². The highest BCUT2D eigenvalue weighted by molar-refractivity contribution is 5.96. The number of hydrogen-bond acceptors (Lipinski definition) is 5. The van der Waals surface area contributed by atoms with Gasteiger partial charge in [0.15, 0.2) is 0 Å². The zero-order valence-electron chi connectivity index (χ0n) is 29.3. The van der Waals surface area contributed by atoms with Crippen LogP contribution in [0.25, 0.3) is 0 Å². The highest BCUT2D eigenvalue weighted by atomic mass is 16.2. The van der Waals surface area contributed by atoms with Crippen molar-refractivity contribution in [1.29, 1.82) is 0 Å². The summed E-state index contributed by atoms with van der Waals surface area (Å²) < 4.78 is 0. The van der Waals surface area contributed by atoms with Gasteiger partial charge in [-0.2, -0.15) is 0 Å². The van der Waals surface area contributed by atoms with Crippen molar-refractivity contribution in [3.63, 3.8) is 0 Å². The molecule has 3 saturated heterocycles. The molecule has 2 aromatic rings. The van der Waals surface area contributed by atoms with Crippen LogP contribution < -0.4 is 5.32 Å². The zero-order valence-corrected chi connectivity index (χ0v) is 29.3. The molecule has 1 unspecified atom stereocenters. The van der Waals surface area contributed by atoms with Crippen molar-refractivity contribution in [2.24, 2.45) is 11.8 Å². The molecule has 258 valence electrons. The number of fused-ring (bicyclic) bond motifs is 1. The van der Waals surface area contributed by atoms with Crippen LogP contribution in [0.15, 0.2) is 42.5 Å². The van der Waals surface area contributed by atoms with Gasteiger partial charge in [-0.25, -0.2) is 0 Å². The minimum Gasteiger partial charge on any atom is -0.343 e. The van der Waals surface area contributed by atoms with Gasteiger partial charge in [0.2, 0.25) is 17.7 Å². The summed E-state index contributed by atoms with van der Waals surface area (Å²) in [7, 11) is 0. The second-order valence-electron chi connectivity index (χ2n) is 15.2.